The summed E-state index contributed by atoms with van der Waals surface area (Å²) in [6, 6.07) is 16.5. The molecule has 1 heterocycles. The monoisotopic (exact) mass is 268 g/mol. The fourth-order valence-corrected chi connectivity index (χ4v) is 3.52. The van der Waals surface area contributed by atoms with E-state index in [2.05, 4.69) is 30.3 Å². The van der Waals surface area contributed by atoms with E-state index in [4.69, 9.17) is 0 Å². The molecular formula is C17H16OS. The van der Waals surface area contributed by atoms with E-state index < -0.39 is 0 Å². The average Bonchev–Trinajstić information content (AvgIpc) is 2.60. The van der Waals surface area contributed by atoms with Crippen molar-refractivity contribution in [2.75, 3.05) is 5.75 Å². The molecule has 2 heteroatoms. The molecular weight excluding hydrogens is 252 g/mol. The summed E-state index contributed by atoms with van der Waals surface area (Å²) in [5.74, 6) is 2.28. The summed E-state index contributed by atoms with van der Waals surface area (Å²) in [7, 11) is 0. The van der Waals surface area contributed by atoms with Crippen molar-refractivity contribution < 1.29 is 4.79 Å². The second kappa shape index (κ2) is 5.22. The van der Waals surface area contributed by atoms with E-state index in [0.717, 1.165) is 22.6 Å². The Bertz CT molecular complexity index is 604. The van der Waals surface area contributed by atoms with E-state index >= 15 is 0 Å². The van der Waals surface area contributed by atoms with E-state index in [-0.39, 0.29) is 11.7 Å². The van der Waals surface area contributed by atoms with Gasteiger partial charge in [-0.05, 0) is 22.8 Å². The summed E-state index contributed by atoms with van der Waals surface area (Å²) < 4.78 is 0. The van der Waals surface area contributed by atoms with Gasteiger partial charge in [0.1, 0.15) is 0 Å². The Morgan fingerprint density at radius 1 is 1.05 bits per heavy atom. The minimum absolute atomic E-state index is 0.122. The van der Waals surface area contributed by atoms with Crippen LogP contribution in [0.15, 0.2) is 48.5 Å². The van der Waals surface area contributed by atoms with Crippen molar-refractivity contribution in [3.8, 4) is 11.1 Å². The first-order valence-corrected chi connectivity index (χ1v) is 7.71. The first-order valence-electron chi connectivity index (χ1n) is 6.56. The summed E-state index contributed by atoms with van der Waals surface area (Å²) in [6.45, 7) is 2.03. The highest BCUT2D eigenvalue weighted by Crippen LogP contribution is 2.30. The van der Waals surface area contributed by atoms with Gasteiger partial charge < -0.3 is 0 Å². The number of Topliss-reactive ketones (excluding diaryl/α,β-unsaturated/α-hetero) is 1. The Morgan fingerprint density at radius 2 is 1.84 bits per heavy atom. The molecule has 0 N–H and O–H groups in total. The van der Waals surface area contributed by atoms with Crippen LogP contribution < -0.4 is 0 Å². The number of ketones is 1. The van der Waals surface area contributed by atoms with Crippen LogP contribution in [0.5, 0.6) is 0 Å². The smallest absolute Gasteiger partial charge is 0.166 e. The van der Waals surface area contributed by atoms with Crippen molar-refractivity contribution in [1.82, 2.24) is 0 Å². The van der Waals surface area contributed by atoms with Crippen LogP contribution >= 0.6 is 11.8 Å². The Hall–Kier alpha value is -1.54. The summed E-state index contributed by atoms with van der Waals surface area (Å²) in [4.78, 5) is 12.4. The number of hydrogen-bond donors (Lipinski definition) is 0. The maximum atomic E-state index is 12.4. The van der Waals surface area contributed by atoms with Gasteiger partial charge in [-0.3, -0.25) is 4.79 Å². The van der Waals surface area contributed by atoms with Crippen molar-refractivity contribution in [3.05, 3.63) is 59.7 Å². The zero-order valence-corrected chi connectivity index (χ0v) is 11.7. The van der Waals surface area contributed by atoms with Gasteiger partial charge in [0.15, 0.2) is 5.78 Å². The predicted molar refractivity (Wildman–Crippen MR) is 81.5 cm³/mol. The third-order valence-corrected chi connectivity index (χ3v) is 4.81. The summed E-state index contributed by atoms with van der Waals surface area (Å²) in [6.07, 6.45) is 0. The fourth-order valence-electron chi connectivity index (χ4n) is 2.43. The fraction of sp³-hybridized carbons (Fsp3) is 0.235. The van der Waals surface area contributed by atoms with Crippen LogP contribution in [-0.4, -0.2) is 11.5 Å². The van der Waals surface area contributed by atoms with Gasteiger partial charge in [0.2, 0.25) is 0 Å². The molecule has 0 radical (unpaired) electrons. The first-order chi connectivity index (χ1) is 9.25. The Kier molecular flexibility index (Phi) is 3.43. The number of hydrogen-bond acceptors (Lipinski definition) is 2. The zero-order valence-electron chi connectivity index (χ0n) is 10.9. The molecule has 1 aliphatic heterocycles. The molecule has 0 fully saturated rings. The largest absolute Gasteiger partial charge is 0.294 e. The molecule has 0 bridgehead atoms. The first kappa shape index (κ1) is 12.5. The minimum Gasteiger partial charge on any atom is -0.294 e. The Balaban J connectivity index is 2.08. The molecule has 0 spiro atoms. The third kappa shape index (κ3) is 2.45. The number of benzene rings is 2. The maximum Gasteiger partial charge on any atom is 0.166 e. The molecule has 0 aromatic heterocycles. The van der Waals surface area contributed by atoms with Crippen LogP contribution in [0.25, 0.3) is 11.1 Å². The van der Waals surface area contributed by atoms with Crippen LogP contribution in [0.2, 0.25) is 0 Å². The lowest BCUT2D eigenvalue weighted by Crippen LogP contribution is -2.12. The van der Waals surface area contributed by atoms with Gasteiger partial charge in [0.05, 0.1) is 0 Å². The van der Waals surface area contributed by atoms with Crippen molar-refractivity contribution in [1.29, 1.82) is 0 Å². The predicted octanol–water partition coefficient (Wildman–Crippen LogP) is 4.42. The Labute approximate surface area is 118 Å². The molecule has 0 saturated heterocycles. The van der Waals surface area contributed by atoms with Gasteiger partial charge >= 0.3 is 0 Å². The van der Waals surface area contributed by atoms with E-state index in [1.54, 1.807) is 0 Å². The van der Waals surface area contributed by atoms with Crippen molar-refractivity contribution >= 4 is 17.5 Å². The van der Waals surface area contributed by atoms with Crippen LogP contribution in [0.3, 0.4) is 0 Å². The molecule has 1 atom stereocenters. The molecule has 3 rings (SSSR count). The lowest BCUT2D eigenvalue weighted by atomic mass is 9.93. The lowest BCUT2D eigenvalue weighted by molar-refractivity contribution is 0.0942. The molecule has 0 amide bonds. The van der Waals surface area contributed by atoms with E-state index in [0.29, 0.717) is 0 Å². The molecule has 1 nitrogen and oxygen atoms in total. The normalized spacial score (nSPS) is 18.8. The molecule has 1 unspecified atom stereocenters. The number of rotatable bonds is 1. The third-order valence-electron chi connectivity index (χ3n) is 3.56. The quantitative estimate of drug-likeness (QED) is 0.761. The molecule has 0 aliphatic carbocycles. The van der Waals surface area contributed by atoms with Crippen molar-refractivity contribution in [3.63, 3.8) is 0 Å². The minimum atomic E-state index is 0.122. The highest BCUT2D eigenvalue weighted by atomic mass is 32.2. The number of fused-ring (bicyclic) bond motifs is 1. The molecule has 1 aliphatic rings. The van der Waals surface area contributed by atoms with Gasteiger partial charge in [0.25, 0.3) is 0 Å². The highest BCUT2D eigenvalue weighted by molar-refractivity contribution is 7.98. The topological polar surface area (TPSA) is 17.1 Å². The van der Waals surface area contributed by atoms with Gasteiger partial charge in [0, 0.05) is 23.0 Å². The highest BCUT2D eigenvalue weighted by Gasteiger charge is 2.22. The van der Waals surface area contributed by atoms with E-state index in [1.807, 2.05) is 36.9 Å². The van der Waals surface area contributed by atoms with Crippen LogP contribution in [0.1, 0.15) is 22.8 Å². The van der Waals surface area contributed by atoms with Crippen LogP contribution in [0.4, 0.5) is 0 Å². The molecule has 96 valence electrons. The summed E-state index contributed by atoms with van der Waals surface area (Å²) in [5.41, 5.74) is 4.40. The van der Waals surface area contributed by atoms with E-state index in [1.165, 1.54) is 11.1 Å². The molecule has 19 heavy (non-hydrogen) atoms. The molecule has 2 aromatic rings. The lowest BCUT2D eigenvalue weighted by Gasteiger charge is -2.09. The van der Waals surface area contributed by atoms with Crippen LogP contribution in [-0.2, 0) is 5.75 Å². The van der Waals surface area contributed by atoms with Crippen LogP contribution in [0, 0.1) is 5.92 Å². The standard InChI is InChI=1S/C17H16OS/c1-12-10-19-11-15-8-7-14(9-16(15)17(12)18)13-5-3-2-4-6-13/h2-9,12H,10-11H2,1H3. The van der Waals surface area contributed by atoms with Gasteiger partial charge in [-0.1, -0.05) is 49.4 Å². The second-order valence-corrected chi connectivity index (χ2v) is 6.05. The molecule has 2 aromatic carbocycles. The number of carbonyl (C=O) groups is 1. The van der Waals surface area contributed by atoms with Crippen molar-refractivity contribution in [2.45, 2.75) is 12.7 Å². The average molecular weight is 268 g/mol. The summed E-state index contributed by atoms with van der Waals surface area (Å²) >= 11 is 1.85. The second-order valence-electron chi connectivity index (χ2n) is 5.02. The van der Waals surface area contributed by atoms with Gasteiger partial charge in [-0.15, -0.1) is 0 Å². The Morgan fingerprint density at radius 3 is 2.63 bits per heavy atom. The zero-order chi connectivity index (χ0) is 13.2. The maximum absolute atomic E-state index is 12.4. The summed E-state index contributed by atoms with van der Waals surface area (Å²) in [5, 5.41) is 0. The van der Waals surface area contributed by atoms with E-state index in [9.17, 15) is 4.79 Å². The van der Waals surface area contributed by atoms with Gasteiger partial charge in [-0.25, -0.2) is 0 Å². The van der Waals surface area contributed by atoms with Crippen molar-refractivity contribution in [2.24, 2.45) is 5.92 Å². The molecule has 0 saturated carbocycles. The number of carbonyl (C=O) groups excluding carboxylic acids is 1. The van der Waals surface area contributed by atoms with Gasteiger partial charge in [-0.2, -0.15) is 11.8 Å². The SMILES string of the molecule is CC1CSCc2ccc(-c3ccccc3)cc2C1=O. The number of thioether (sulfide) groups is 1.